The Kier molecular flexibility index (Phi) is 43.2. The summed E-state index contributed by atoms with van der Waals surface area (Å²) >= 11 is 0. The predicted molar refractivity (Wildman–Crippen MR) is 216 cm³/mol. The van der Waals surface area contributed by atoms with Gasteiger partial charge in [0.2, 0.25) is 6.67 Å². The van der Waals surface area contributed by atoms with E-state index in [4.69, 9.17) is 14.2 Å². The van der Waals surface area contributed by atoms with Crippen molar-refractivity contribution in [2.24, 2.45) is 29.6 Å². The summed E-state index contributed by atoms with van der Waals surface area (Å²) in [7, 11) is 3.93. The molecule has 0 rings (SSSR count). The number of rotatable bonds is 20. The van der Waals surface area contributed by atoms with Crippen molar-refractivity contribution < 1.29 is 23.8 Å². The highest BCUT2D eigenvalue weighted by molar-refractivity contribution is 5.82. The number of Topliss-reactive ketones (excluding diaryl/α,β-unsaturated/α-hetero) is 1. The van der Waals surface area contributed by atoms with E-state index in [2.05, 4.69) is 116 Å². The SMILES string of the molecule is CC(C)C(=O)CN(C)C(C)C.CC(C)CCOC(C)C.CC(C)CCOC(C)C.CC(C)COCC(C)C.CC(C)N(C)C[N+](=O)C(C)C. The molecule has 0 spiro atoms. The quantitative estimate of drug-likeness (QED) is 0.0922. The van der Waals surface area contributed by atoms with Crippen LogP contribution < -0.4 is 0 Å². The van der Waals surface area contributed by atoms with E-state index in [-0.39, 0.29) is 12.0 Å². The van der Waals surface area contributed by atoms with Gasteiger partial charge in [0.05, 0.1) is 18.8 Å². The first-order valence-electron chi connectivity index (χ1n) is 19.5. The molecule has 0 fully saturated rings. The number of carbonyl (C=O) groups is 1. The maximum Gasteiger partial charge on any atom is 0.247 e. The maximum atomic E-state index is 11.2. The predicted octanol–water partition coefficient (Wildman–Crippen LogP) is 10.3. The normalized spacial score (nSPS) is 11.5. The average molecular weight is 707 g/mol. The molecule has 0 aromatic rings. The van der Waals surface area contributed by atoms with Crippen LogP contribution in [0.15, 0.2) is 0 Å². The first-order valence-corrected chi connectivity index (χ1v) is 19.5. The van der Waals surface area contributed by atoms with Gasteiger partial charge in [-0.25, -0.2) is 4.90 Å². The Hall–Kier alpha value is -0.930. The van der Waals surface area contributed by atoms with Gasteiger partial charge in [0, 0.05) is 67.9 Å². The number of ether oxygens (including phenoxy) is 3. The molecule has 0 aliphatic rings. The number of ketones is 1. The number of hydrogen-bond acceptors (Lipinski definition) is 7. The van der Waals surface area contributed by atoms with Crippen LogP contribution in [0, 0.1) is 34.5 Å². The lowest BCUT2D eigenvalue weighted by Gasteiger charge is -2.20. The molecule has 0 unspecified atom stereocenters. The van der Waals surface area contributed by atoms with Gasteiger partial charge in [0.25, 0.3) is 0 Å². The van der Waals surface area contributed by atoms with Crippen LogP contribution in [0.3, 0.4) is 0 Å². The number of nitroso groups, excluding NO2 is 1. The summed E-state index contributed by atoms with van der Waals surface area (Å²) in [5.74, 6) is 3.36. The highest BCUT2D eigenvalue weighted by Gasteiger charge is 2.17. The summed E-state index contributed by atoms with van der Waals surface area (Å²) in [6.07, 6.45) is 3.14. The summed E-state index contributed by atoms with van der Waals surface area (Å²) in [5, 5.41) is 0. The monoisotopic (exact) mass is 707 g/mol. The summed E-state index contributed by atoms with van der Waals surface area (Å²) in [6, 6.07) is 0.971. The molecule has 0 aliphatic heterocycles. The molecule has 0 bridgehead atoms. The Balaban J connectivity index is -0.000000165. The standard InChI is InChI=1S/C9H19NO.C8H19N2O.3C8H18O/c1-7(2)9(11)6-10(5)8(3)4;1-7(2)9(5)6-10(11)8(3)4;1-7(2)5-9-6-8(3)4;2*1-7(2)5-6-9-8(3)4/h2*7-8H,6H2,1-5H3;3*7-8H,5-6H2,1-4H3/q;+1;;;. The lowest BCUT2D eigenvalue weighted by Crippen LogP contribution is -2.35. The molecule has 0 saturated carbocycles. The Morgan fingerprint density at radius 3 is 1.12 bits per heavy atom. The van der Waals surface area contributed by atoms with Gasteiger partial charge in [0.15, 0.2) is 6.04 Å². The Morgan fingerprint density at radius 1 is 0.551 bits per heavy atom. The molecular formula is C41H92N3O5+. The third-order valence-corrected chi connectivity index (χ3v) is 6.95. The second-order valence-corrected chi connectivity index (χ2v) is 16.7. The van der Waals surface area contributed by atoms with Crippen LogP contribution in [0.25, 0.3) is 0 Å². The molecule has 0 amide bonds. The molecule has 300 valence electrons. The van der Waals surface area contributed by atoms with E-state index in [0.29, 0.717) is 55.1 Å². The van der Waals surface area contributed by atoms with Crippen LogP contribution >= 0.6 is 0 Å². The minimum absolute atomic E-state index is 0.0798. The van der Waals surface area contributed by atoms with Crippen LogP contribution in [0.4, 0.5) is 0 Å². The van der Waals surface area contributed by atoms with Crippen molar-refractivity contribution in [3.63, 3.8) is 0 Å². The van der Waals surface area contributed by atoms with E-state index >= 15 is 0 Å². The average Bonchev–Trinajstić information content (AvgIpc) is 2.92. The highest BCUT2D eigenvalue weighted by Crippen LogP contribution is 2.02. The molecular weight excluding hydrogens is 614 g/mol. The molecule has 0 N–H and O–H groups in total. The Morgan fingerprint density at radius 2 is 0.898 bits per heavy atom. The minimum atomic E-state index is 0.0798. The first-order chi connectivity index (χ1) is 22.3. The Bertz CT molecular complexity index is 606. The fourth-order valence-electron chi connectivity index (χ4n) is 2.78. The molecule has 0 atom stereocenters. The molecule has 0 heterocycles. The van der Waals surface area contributed by atoms with E-state index in [1.165, 1.54) is 12.8 Å². The topological polar surface area (TPSA) is 71.3 Å². The molecule has 0 aromatic heterocycles. The summed E-state index contributed by atoms with van der Waals surface area (Å²) in [5.41, 5.74) is 0. The van der Waals surface area contributed by atoms with Gasteiger partial charge >= 0.3 is 0 Å². The fourth-order valence-corrected chi connectivity index (χ4v) is 2.78. The van der Waals surface area contributed by atoms with Crippen LogP contribution in [0.1, 0.15) is 151 Å². The van der Waals surface area contributed by atoms with Gasteiger partial charge in [-0.05, 0) is 106 Å². The number of hydrogen-bond donors (Lipinski definition) is 0. The molecule has 8 nitrogen and oxygen atoms in total. The molecule has 0 aliphatic carbocycles. The van der Waals surface area contributed by atoms with E-state index in [0.717, 1.165) is 43.0 Å². The zero-order valence-corrected chi connectivity index (χ0v) is 37.3. The third-order valence-electron chi connectivity index (χ3n) is 6.95. The largest absolute Gasteiger partial charge is 0.381 e. The van der Waals surface area contributed by atoms with Crippen molar-refractivity contribution in [1.82, 2.24) is 9.80 Å². The Labute approximate surface area is 308 Å². The van der Waals surface area contributed by atoms with Crippen molar-refractivity contribution in [3.8, 4) is 0 Å². The zero-order chi connectivity index (χ0) is 39.9. The van der Waals surface area contributed by atoms with Gasteiger partial charge in [-0.2, -0.15) is 0 Å². The lowest BCUT2D eigenvalue weighted by molar-refractivity contribution is -0.597. The van der Waals surface area contributed by atoms with Gasteiger partial charge < -0.3 is 14.2 Å². The van der Waals surface area contributed by atoms with Crippen molar-refractivity contribution in [3.05, 3.63) is 4.91 Å². The smallest absolute Gasteiger partial charge is 0.247 e. The third kappa shape index (κ3) is 56.7. The zero-order valence-electron chi connectivity index (χ0n) is 37.3. The van der Waals surface area contributed by atoms with Crippen molar-refractivity contribution in [1.29, 1.82) is 0 Å². The molecule has 0 radical (unpaired) electrons. The fraction of sp³-hybridized carbons (Fsp3) is 0.976. The van der Waals surface area contributed by atoms with Crippen LogP contribution in [-0.2, 0) is 19.0 Å². The van der Waals surface area contributed by atoms with E-state index < -0.39 is 0 Å². The summed E-state index contributed by atoms with van der Waals surface area (Å²) < 4.78 is 17.1. The second kappa shape index (κ2) is 36.8. The minimum Gasteiger partial charge on any atom is -0.381 e. The first kappa shape index (κ1) is 57.4. The van der Waals surface area contributed by atoms with Gasteiger partial charge in [-0.3, -0.25) is 9.69 Å². The van der Waals surface area contributed by atoms with E-state index in [9.17, 15) is 9.70 Å². The van der Waals surface area contributed by atoms with Crippen LogP contribution in [-0.4, -0.2) is 104 Å². The van der Waals surface area contributed by atoms with Crippen LogP contribution in [0.5, 0.6) is 0 Å². The summed E-state index contributed by atoms with van der Waals surface area (Å²) in [6.45, 7) is 46.5. The van der Waals surface area contributed by atoms with Crippen LogP contribution in [0.2, 0.25) is 0 Å². The lowest BCUT2D eigenvalue weighted by atomic mass is 10.1. The van der Waals surface area contributed by atoms with Gasteiger partial charge in [-0.15, -0.1) is 0 Å². The molecule has 0 aromatic carbocycles. The van der Waals surface area contributed by atoms with Crippen molar-refractivity contribution in [2.45, 2.75) is 182 Å². The summed E-state index contributed by atoms with van der Waals surface area (Å²) in [4.78, 5) is 26.4. The van der Waals surface area contributed by atoms with Gasteiger partial charge in [-0.1, -0.05) is 69.2 Å². The van der Waals surface area contributed by atoms with Crippen molar-refractivity contribution >= 4 is 5.78 Å². The van der Waals surface area contributed by atoms with E-state index in [1.54, 1.807) is 0 Å². The number of nitrogens with zero attached hydrogens (tertiary/aromatic N) is 3. The molecule has 49 heavy (non-hydrogen) atoms. The molecule has 8 heteroatoms. The second-order valence-electron chi connectivity index (χ2n) is 16.7. The van der Waals surface area contributed by atoms with Gasteiger partial charge in [0.1, 0.15) is 5.78 Å². The maximum absolute atomic E-state index is 11.2. The number of carbonyl (C=O) groups excluding carboxylic acids is 1. The number of likely N-dealkylation sites (N-methyl/N-ethyl adjacent to an activating group) is 1. The molecule has 0 saturated heterocycles. The van der Waals surface area contributed by atoms with E-state index in [1.807, 2.05) is 46.7 Å². The van der Waals surface area contributed by atoms with Crippen molar-refractivity contribution in [2.75, 3.05) is 53.7 Å². The highest BCUT2D eigenvalue weighted by atomic mass is 16.5.